The molecule has 152 valence electrons. The van der Waals surface area contributed by atoms with Crippen molar-refractivity contribution in [3.8, 4) is 11.5 Å². The number of benzene rings is 1. The Bertz CT molecular complexity index is 622. The number of ether oxygens (including phenoxy) is 3. The van der Waals surface area contributed by atoms with Crippen molar-refractivity contribution in [1.29, 1.82) is 0 Å². The van der Waals surface area contributed by atoms with E-state index in [9.17, 15) is 18.4 Å². The summed E-state index contributed by atoms with van der Waals surface area (Å²) in [4.78, 5) is 24.1. The van der Waals surface area contributed by atoms with Crippen LogP contribution in [-0.4, -0.2) is 38.2 Å². The Hall–Kier alpha value is -2.38. The van der Waals surface area contributed by atoms with Crippen molar-refractivity contribution in [2.45, 2.75) is 52.7 Å². The maximum Gasteiger partial charge on any atom is 0.387 e. The molecule has 27 heavy (non-hydrogen) atoms. The Morgan fingerprint density at radius 1 is 1.15 bits per heavy atom. The Labute approximate surface area is 158 Å². The van der Waals surface area contributed by atoms with Crippen LogP contribution < -0.4 is 14.8 Å². The second-order valence-electron chi connectivity index (χ2n) is 6.58. The molecule has 0 radical (unpaired) electrons. The fourth-order valence-electron chi connectivity index (χ4n) is 2.48. The van der Waals surface area contributed by atoms with Crippen LogP contribution >= 0.6 is 0 Å². The van der Waals surface area contributed by atoms with Gasteiger partial charge in [-0.3, -0.25) is 4.79 Å². The third-order valence-electron chi connectivity index (χ3n) is 3.79. The first-order valence-corrected chi connectivity index (χ1v) is 8.82. The van der Waals surface area contributed by atoms with Crippen LogP contribution in [0, 0.1) is 5.92 Å². The zero-order valence-electron chi connectivity index (χ0n) is 16.1. The number of methoxy groups -OCH3 is 1. The van der Waals surface area contributed by atoms with Crippen LogP contribution in [0.4, 0.5) is 8.78 Å². The quantitative estimate of drug-likeness (QED) is 0.585. The number of alkyl halides is 2. The molecule has 1 rings (SSSR count). The predicted octanol–water partition coefficient (Wildman–Crippen LogP) is 3.78. The lowest BCUT2D eigenvalue weighted by molar-refractivity contribution is -0.124. The number of hydrogen-bond donors (Lipinski definition) is 1. The summed E-state index contributed by atoms with van der Waals surface area (Å²) in [5, 5.41) is 2.74. The number of para-hydroxylation sites is 1. The van der Waals surface area contributed by atoms with E-state index in [1.165, 1.54) is 25.3 Å². The monoisotopic (exact) mass is 387 g/mol. The summed E-state index contributed by atoms with van der Waals surface area (Å²) in [6.07, 6.45) is 2.87. The summed E-state index contributed by atoms with van der Waals surface area (Å²) in [6.45, 7) is 2.48. The second kappa shape index (κ2) is 11.4. The van der Waals surface area contributed by atoms with Crippen molar-refractivity contribution >= 4 is 11.9 Å². The molecule has 0 aliphatic rings. The average molecular weight is 387 g/mol. The second-order valence-corrected chi connectivity index (χ2v) is 6.58. The molecule has 0 aliphatic carbocycles. The molecule has 6 nitrogen and oxygen atoms in total. The number of hydrogen-bond acceptors (Lipinski definition) is 5. The Morgan fingerprint density at radius 2 is 1.85 bits per heavy atom. The van der Waals surface area contributed by atoms with Gasteiger partial charge in [0.15, 0.2) is 18.1 Å². The largest absolute Gasteiger partial charge is 0.493 e. The Kier molecular flexibility index (Phi) is 9.53. The molecule has 0 bridgehead atoms. The first-order valence-electron chi connectivity index (χ1n) is 8.82. The molecule has 0 spiro atoms. The van der Waals surface area contributed by atoms with E-state index in [0.717, 1.165) is 19.3 Å². The zero-order valence-corrected chi connectivity index (χ0v) is 16.1. The fraction of sp³-hybridized carbons (Fsp3) is 0.579. The van der Waals surface area contributed by atoms with Crippen LogP contribution in [0.2, 0.25) is 0 Å². The van der Waals surface area contributed by atoms with Gasteiger partial charge in [0.05, 0.1) is 7.11 Å². The van der Waals surface area contributed by atoms with Crippen LogP contribution in [0.25, 0.3) is 0 Å². The standard InChI is InChI=1S/C19H27F2NO5/c1-12(2)7-5-8-13(3)22-16(23)11-26-18(24)14-9-6-10-15(25-4)17(14)27-19(20)21/h6,9-10,12-13,19H,5,7-8,11H2,1-4H3,(H,22,23). The fourth-order valence-corrected chi connectivity index (χ4v) is 2.48. The summed E-state index contributed by atoms with van der Waals surface area (Å²) < 4.78 is 39.4. The summed E-state index contributed by atoms with van der Waals surface area (Å²) in [5.41, 5.74) is -0.243. The molecule has 1 amide bonds. The van der Waals surface area contributed by atoms with Crippen molar-refractivity contribution < 1.29 is 32.6 Å². The third kappa shape index (κ3) is 8.23. The topological polar surface area (TPSA) is 73.9 Å². The molecule has 0 saturated carbocycles. The number of carbonyl (C=O) groups excluding carboxylic acids is 2. The lowest BCUT2D eigenvalue weighted by Gasteiger charge is -2.16. The summed E-state index contributed by atoms with van der Waals surface area (Å²) in [6, 6.07) is 4.02. The number of amides is 1. The highest BCUT2D eigenvalue weighted by Crippen LogP contribution is 2.32. The van der Waals surface area contributed by atoms with Gasteiger partial charge >= 0.3 is 12.6 Å². The minimum Gasteiger partial charge on any atom is -0.493 e. The molecule has 0 saturated heterocycles. The highest BCUT2D eigenvalue weighted by Gasteiger charge is 2.22. The molecule has 1 atom stereocenters. The number of rotatable bonds is 11. The van der Waals surface area contributed by atoms with E-state index in [1.54, 1.807) is 0 Å². The van der Waals surface area contributed by atoms with Gasteiger partial charge in [0, 0.05) is 6.04 Å². The van der Waals surface area contributed by atoms with E-state index in [2.05, 4.69) is 23.9 Å². The SMILES string of the molecule is COc1cccc(C(=O)OCC(=O)NC(C)CCCC(C)C)c1OC(F)F. The summed E-state index contributed by atoms with van der Waals surface area (Å²) in [5.74, 6) is -1.27. The Balaban J connectivity index is 2.60. The van der Waals surface area contributed by atoms with Crippen molar-refractivity contribution in [3.05, 3.63) is 23.8 Å². The highest BCUT2D eigenvalue weighted by atomic mass is 19.3. The smallest absolute Gasteiger partial charge is 0.387 e. The van der Waals surface area contributed by atoms with E-state index in [1.807, 2.05) is 6.92 Å². The van der Waals surface area contributed by atoms with E-state index in [4.69, 9.17) is 9.47 Å². The number of halogens is 2. The molecule has 1 unspecified atom stereocenters. The summed E-state index contributed by atoms with van der Waals surface area (Å²) in [7, 11) is 1.26. The first-order chi connectivity index (χ1) is 12.7. The predicted molar refractivity (Wildman–Crippen MR) is 96.2 cm³/mol. The third-order valence-corrected chi connectivity index (χ3v) is 3.79. The lowest BCUT2D eigenvalue weighted by atomic mass is 10.0. The molecule has 0 fully saturated rings. The van der Waals surface area contributed by atoms with Gasteiger partial charge < -0.3 is 19.5 Å². The molecule has 1 aromatic carbocycles. The minimum absolute atomic E-state index is 0.0343. The van der Waals surface area contributed by atoms with E-state index in [-0.39, 0.29) is 17.4 Å². The zero-order chi connectivity index (χ0) is 20.4. The van der Waals surface area contributed by atoms with Gasteiger partial charge in [-0.15, -0.1) is 0 Å². The Morgan fingerprint density at radius 3 is 2.44 bits per heavy atom. The van der Waals surface area contributed by atoms with E-state index >= 15 is 0 Å². The van der Waals surface area contributed by atoms with Gasteiger partial charge in [0.25, 0.3) is 5.91 Å². The van der Waals surface area contributed by atoms with Gasteiger partial charge in [-0.05, 0) is 31.4 Å². The van der Waals surface area contributed by atoms with Crippen LogP contribution in [0.5, 0.6) is 11.5 Å². The van der Waals surface area contributed by atoms with E-state index in [0.29, 0.717) is 5.92 Å². The summed E-state index contributed by atoms with van der Waals surface area (Å²) >= 11 is 0. The van der Waals surface area contributed by atoms with Crippen LogP contribution in [-0.2, 0) is 9.53 Å². The first kappa shape index (κ1) is 22.7. The van der Waals surface area contributed by atoms with Gasteiger partial charge in [-0.1, -0.05) is 32.8 Å². The van der Waals surface area contributed by atoms with Crippen molar-refractivity contribution in [2.75, 3.05) is 13.7 Å². The molecule has 8 heteroatoms. The lowest BCUT2D eigenvalue weighted by Crippen LogP contribution is -2.35. The number of carbonyl (C=O) groups is 2. The molecule has 1 aromatic rings. The number of nitrogens with one attached hydrogen (secondary N) is 1. The highest BCUT2D eigenvalue weighted by molar-refractivity contribution is 5.95. The molecular formula is C19H27F2NO5. The van der Waals surface area contributed by atoms with E-state index < -0.39 is 30.8 Å². The average Bonchev–Trinajstić information content (AvgIpc) is 2.59. The van der Waals surface area contributed by atoms with Gasteiger partial charge in [-0.25, -0.2) is 4.79 Å². The van der Waals surface area contributed by atoms with Gasteiger partial charge in [0.2, 0.25) is 0 Å². The molecular weight excluding hydrogens is 360 g/mol. The minimum atomic E-state index is -3.14. The van der Waals surface area contributed by atoms with Crippen molar-refractivity contribution in [2.24, 2.45) is 5.92 Å². The van der Waals surface area contributed by atoms with Crippen LogP contribution in [0.15, 0.2) is 18.2 Å². The van der Waals surface area contributed by atoms with Crippen molar-refractivity contribution in [1.82, 2.24) is 5.32 Å². The van der Waals surface area contributed by atoms with Crippen molar-refractivity contribution in [3.63, 3.8) is 0 Å². The molecule has 0 aromatic heterocycles. The molecule has 1 N–H and O–H groups in total. The number of esters is 1. The van der Waals surface area contributed by atoms with Gasteiger partial charge in [-0.2, -0.15) is 8.78 Å². The normalized spacial score (nSPS) is 12.0. The van der Waals surface area contributed by atoms with Crippen LogP contribution in [0.1, 0.15) is 50.4 Å². The maximum absolute atomic E-state index is 12.6. The van der Waals surface area contributed by atoms with Gasteiger partial charge in [0.1, 0.15) is 5.56 Å². The maximum atomic E-state index is 12.6. The van der Waals surface area contributed by atoms with Crippen LogP contribution in [0.3, 0.4) is 0 Å². The molecule has 0 heterocycles. The molecule has 0 aliphatic heterocycles.